The van der Waals surface area contributed by atoms with Crippen molar-refractivity contribution >= 4 is 11.8 Å². The molecule has 1 aromatic heterocycles. The average Bonchev–Trinajstić information content (AvgIpc) is 2.79. The number of allylic oxidation sites excluding steroid dienone is 1. The Kier molecular flexibility index (Phi) is 6.10. The van der Waals surface area contributed by atoms with Gasteiger partial charge in [-0.05, 0) is 25.7 Å². The van der Waals surface area contributed by atoms with E-state index in [9.17, 15) is 0 Å². The summed E-state index contributed by atoms with van der Waals surface area (Å²) < 4.78 is 8.11. The minimum Gasteiger partial charge on any atom is -0.377 e. The minimum atomic E-state index is 0.456. The molecule has 5 heteroatoms. The molecule has 4 nitrogen and oxygen atoms in total. The molecule has 1 aromatic rings. The van der Waals surface area contributed by atoms with E-state index in [0.717, 1.165) is 29.9 Å². The first kappa shape index (κ1) is 15.6. The second-order valence-electron chi connectivity index (χ2n) is 5.45. The summed E-state index contributed by atoms with van der Waals surface area (Å²) in [7, 11) is 0. The Morgan fingerprint density at radius 3 is 2.95 bits per heavy atom. The summed E-state index contributed by atoms with van der Waals surface area (Å²) in [6.45, 7) is 9.61. The van der Waals surface area contributed by atoms with Crippen LogP contribution in [0.2, 0.25) is 0 Å². The molecule has 1 saturated carbocycles. The van der Waals surface area contributed by atoms with Crippen molar-refractivity contribution in [1.29, 1.82) is 0 Å². The van der Waals surface area contributed by atoms with Crippen LogP contribution in [0, 0.1) is 12.8 Å². The maximum Gasteiger partial charge on any atom is 0.191 e. The highest BCUT2D eigenvalue weighted by atomic mass is 32.2. The Hall–Kier alpha value is -0.810. The molecular weight excluding hydrogens is 270 g/mol. The van der Waals surface area contributed by atoms with Crippen molar-refractivity contribution in [3.63, 3.8) is 0 Å². The molecule has 112 valence electrons. The zero-order valence-electron chi connectivity index (χ0n) is 12.5. The molecule has 0 bridgehead atoms. The van der Waals surface area contributed by atoms with Crippen molar-refractivity contribution in [2.75, 3.05) is 12.4 Å². The summed E-state index contributed by atoms with van der Waals surface area (Å²) in [5.41, 5.74) is 0. The Morgan fingerprint density at radius 2 is 2.20 bits per heavy atom. The van der Waals surface area contributed by atoms with Gasteiger partial charge in [-0.25, -0.2) is 0 Å². The Labute approximate surface area is 126 Å². The van der Waals surface area contributed by atoms with Gasteiger partial charge in [0.2, 0.25) is 0 Å². The third-order valence-corrected chi connectivity index (χ3v) is 4.82. The second-order valence-corrected chi connectivity index (χ2v) is 6.51. The third-order valence-electron chi connectivity index (χ3n) is 3.89. The van der Waals surface area contributed by atoms with Crippen molar-refractivity contribution < 1.29 is 4.74 Å². The fourth-order valence-corrected chi connectivity index (χ4v) is 3.49. The highest BCUT2D eigenvalue weighted by Gasteiger charge is 2.21. The molecule has 0 radical (unpaired) electrons. The number of ether oxygens (including phenoxy) is 1. The van der Waals surface area contributed by atoms with Gasteiger partial charge in [0.05, 0.1) is 12.7 Å². The van der Waals surface area contributed by atoms with Gasteiger partial charge in [0.15, 0.2) is 5.16 Å². The molecule has 1 heterocycles. The van der Waals surface area contributed by atoms with Crippen molar-refractivity contribution in [2.24, 2.45) is 5.92 Å². The fraction of sp³-hybridized carbons (Fsp3) is 0.733. The van der Waals surface area contributed by atoms with Crippen LogP contribution in [0.4, 0.5) is 0 Å². The summed E-state index contributed by atoms with van der Waals surface area (Å²) in [5, 5.41) is 9.29. The number of rotatable bonds is 7. The van der Waals surface area contributed by atoms with Gasteiger partial charge < -0.3 is 9.30 Å². The summed E-state index contributed by atoms with van der Waals surface area (Å²) in [5.74, 6) is 2.58. The molecule has 0 aliphatic heterocycles. The zero-order chi connectivity index (χ0) is 14.4. The van der Waals surface area contributed by atoms with E-state index in [2.05, 4.69) is 28.3 Å². The molecule has 2 unspecified atom stereocenters. The van der Waals surface area contributed by atoms with Crippen LogP contribution in [0.5, 0.6) is 0 Å². The second kappa shape index (κ2) is 7.84. The normalized spacial score (nSPS) is 22.9. The first-order valence-corrected chi connectivity index (χ1v) is 8.46. The van der Waals surface area contributed by atoms with E-state index in [0.29, 0.717) is 12.0 Å². The monoisotopic (exact) mass is 295 g/mol. The summed E-state index contributed by atoms with van der Waals surface area (Å²) in [4.78, 5) is 0. The van der Waals surface area contributed by atoms with Crippen LogP contribution in [0.1, 0.15) is 38.4 Å². The van der Waals surface area contributed by atoms with Gasteiger partial charge in [-0.2, -0.15) is 0 Å². The van der Waals surface area contributed by atoms with Crippen LogP contribution < -0.4 is 0 Å². The Bertz CT molecular complexity index is 433. The molecule has 0 spiro atoms. The number of nitrogens with zero attached hydrogens (tertiary/aromatic N) is 3. The van der Waals surface area contributed by atoms with Gasteiger partial charge in [0.1, 0.15) is 5.82 Å². The van der Waals surface area contributed by atoms with Gasteiger partial charge in [0.25, 0.3) is 0 Å². The lowest BCUT2D eigenvalue weighted by Crippen LogP contribution is -2.26. The average molecular weight is 295 g/mol. The topological polar surface area (TPSA) is 39.9 Å². The SMILES string of the molecule is C=CCn1c(C)nnc1SCCOC1CCCCC1C. The molecule has 20 heavy (non-hydrogen) atoms. The van der Waals surface area contributed by atoms with Crippen LogP contribution in [0.25, 0.3) is 0 Å². The van der Waals surface area contributed by atoms with Crippen molar-refractivity contribution in [3.05, 3.63) is 18.5 Å². The fourth-order valence-electron chi connectivity index (χ4n) is 2.67. The van der Waals surface area contributed by atoms with Crippen LogP contribution in [-0.4, -0.2) is 33.2 Å². The Balaban J connectivity index is 1.74. The number of hydrogen-bond donors (Lipinski definition) is 0. The van der Waals surface area contributed by atoms with Crippen LogP contribution >= 0.6 is 11.8 Å². The molecule has 0 amide bonds. The van der Waals surface area contributed by atoms with Crippen molar-refractivity contribution in [3.8, 4) is 0 Å². The van der Waals surface area contributed by atoms with E-state index < -0.39 is 0 Å². The van der Waals surface area contributed by atoms with E-state index in [1.54, 1.807) is 11.8 Å². The first-order valence-electron chi connectivity index (χ1n) is 7.47. The summed E-state index contributed by atoms with van der Waals surface area (Å²) >= 11 is 1.71. The van der Waals surface area contributed by atoms with Gasteiger partial charge >= 0.3 is 0 Å². The van der Waals surface area contributed by atoms with E-state index >= 15 is 0 Å². The standard InChI is InChI=1S/C15H25N3OS/c1-4-9-18-13(3)16-17-15(18)20-11-10-19-14-8-6-5-7-12(14)2/h4,12,14H,1,5-11H2,2-3H3. The molecule has 0 saturated heterocycles. The lowest BCUT2D eigenvalue weighted by Gasteiger charge is -2.28. The van der Waals surface area contributed by atoms with E-state index in [1.165, 1.54) is 25.7 Å². The molecule has 1 aliphatic carbocycles. The van der Waals surface area contributed by atoms with Crippen molar-refractivity contribution in [1.82, 2.24) is 14.8 Å². The maximum absolute atomic E-state index is 6.03. The third kappa shape index (κ3) is 4.09. The van der Waals surface area contributed by atoms with Crippen LogP contribution in [0.15, 0.2) is 17.8 Å². The van der Waals surface area contributed by atoms with Gasteiger partial charge in [-0.3, -0.25) is 0 Å². The molecule has 2 rings (SSSR count). The van der Waals surface area contributed by atoms with E-state index in [4.69, 9.17) is 4.74 Å². The lowest BCUT2D eigenvalue weighted by atomic mass is 9.88. The summed E-state index contributed by atoms with van der Waals surface area (Å²) in [6, 6.07) is 0. The van der Waals surface area contributed by atoms with E-state index in [1.807, 2.05) is 13.0 Å². The number of thioether (sulfide) groups is 1. The zero-order valence-corrected chi connectivity index (χ0v) is 13.4. The Morgan fingerprint density at radius 1 is 1.40 bits per heavy atom. The molecule has 0 N–H and O–H groups in total. The summed E-state index contributed by atoms with van der Waals surface area (Å²) in [6.07, 6.45) is 7.54. The predicted octanol–water partition coefficient (Wildman–Crippen LogP) is 3.46. The smallest absolute Gasteiger partial charge is 0.191 e. The predicted molar refractivity (Wildman–Crippen MR) is 83.1 cm³/mol. The maximum atomic E-state index is 6.03. The van der Waals surface area contributed by atoms with E-state index in [-0.39, 0.29) is 0 Å². The van der Waals surface area contributed by atoms with Crippen LogP contribution in [-0.2, 0) is 11.3 Å². The molecule has 2 atom stereocenters. The van der Waals surface area contributed by atoms with Gasteiger partial charge in [0, 0.05) is 12.3 Å². The van der Waals surface area contributed by atoms with Crippen LogP contribution in [0.3, 0.4) is 0 Å². The number of aryl methyl sites for hydroxylation is 1. The highest BCUT2D eigenvalue weighted by Crippen LogP contribution is 2.26. The number of hydrogen-bond acceptors (Lipinski definition) is 4. The van der Waals surface area contributed by atoms with Gasteiger partial charge in [-0.1, -0.05) is 37.6 Å². The number of aromatic nitrogens is 3. The lowest BCUT2D eigenvalue weighted by molar-refractivity contribution is 0.00345. The quantitative estimate of drug-likeness (QED) is 0.439. The molecular formula is C15H25N3OS. The largest absolute Gasteiger partial charge is 0.377 e. The molecule has 1 aliphatic rings. The first-order chi connectivity index (χ1) is 9.72. The van der Waals surface area contributed by atoms with Crippen molar-refractivity contribution in [2.45, 2.75) is 57.3 Å². The molecule has 1 fully saturated rings. The molecule has 0 aromatic carbocycles. The minimum absolute atomic E-state index is 0.456. The highest BCUT2D eigenvalue weighted by molar-refractivity contribution is 7.99. The van der Waals surface area contributed by atoms with Gasteiger partial charge in [-0.15, -0.1) is 16.8 Å².